The maximum Gasteiger partial charge on any atom is 0.171 e. The van der Waals surface area contributed by atoms with Crippen molar-refractivity contribution in [2.75, 3.05) is 11.9 Å². The number of pyridine rings is 1. The highest BCUT2D eigenvalue weighted by molar-refractivity contribution is 7.80. The standard InChI is InChI=1S/C19H23N3S/c1-15-9-10-17(20-13-15)22-18(23)21-14-19(11-5-6-12-19)16-7-3-2-4-8-16/h2-4,7-10,13H,5-6,11-12,14H2,1H3,(H2,20,21,22,23). The van der Waals surface area contributed by atoms with Gasteiger partial charge in [-0.05, 0) is 49.2 Å². The second-order valence-electron chi connectivity index (χ2n) is 6.38. The van der Waals surface area contributed by atoms with Gasteiger partial charge in [0.15, 0.2) is 5.11 Å². The highest BCUT2D eigenvalue weighted by atomic mass is 32.1. The van der Waals surface area contributed by atoms with Gasteiger partial charge in [0.05, 0.1) is 0 Å². The Morgan fingerprint density at radius 3 is 2.52 bits per heavy atom. The van der Waals surface area contributed by atoms with Crippen LogP contribution in [0.3, 0.4) is 0 Å². The number of anilines is 1. The molecule has 0 spiro atoms. The minimum absolute atomic E-state index is 0.202. The van der Waals surface area contributed by atoms with Gasteiger partial charge in [-0.1, -0.05) is 49.2 Å². The van der Waals surface area contributed by atoms with E-state index in [0.29, 0.717) is 5.11 Å². The fraction of sp³-hybridized carbons (Fsp3) is 0.368. The quantitative estimate of drug-likeness (QED) is 0.827. The molecule has 0 amide bonds. The van der Waals surface area contributed by atoms with E-state index in [-0.39, 0.29) is 5.41 Å². The summed E-state index contributed by atoms with van der Waals surface area (Å²) in [6, 6.07) is 14.8. The molecule has 3 rings (SSSR count). The molecule has 23 heavy (non-hydrogen) atoms. The van der Waals surface area contributed by atoms with E-state index in [0.717, 1.165) is 17.9 Å². The summed E-state index contributed by atoms with van der Waals surface area (Å²) in [4.78, 5) is 4.33. The van der Waals surface area contributed by atoms with Crippen LogP contribution in [0.15, 0.2) is 48.7 Å². The summed E-state index contributed by atoms with van der Waals surface area (Å²) in [5, 5.41) is 7.22. The molecule has 2 N–H and O–H groups in total. The molecular weight excluding hydrogens is 302 g/mol. The van der Waals surface area contributed by atoms with Gasteiger partial charge < -0.3 is 10.6 Å². The van der Waals surface area contributed by atoms with Gasteiger partial charge in [-0.3, -0.25) is 0 Å². The fourth-order valence-electron chi connectivity index (χ4n) is 3.36. The van der Waals surface area contributed by atoms with E-state index in [9.17, 15) is 0 Å². The second-order valence-corrected chi connectivity index (χ2v) is 6.79. The molecule has 120 valence electrons. The Morgan fingerprint density at radius 1 is 1.13 bits per heavy atom. The lowest BCUT2D eigenvalue weighted by atomic mass is 9.79. The number of hydrogen-bond donors (Lipinski definition) is 2. The Kier molecular flexibility index (Phi) is 4.91. The maximum absolute atomic E-state index is 5.44. The van der Waals surface area contributed by atoms with Gasteiger partial charge in [0.2, 0.25) is 0 Å². The molecule has 1 aromatic carbocycles. The van der Waals surface area contributed by atoms with Crippen molar-refractivity contribution >= 4 is 23.1 Å². The largest absolute Gasteiger partial charge is 0.362 e. The van der Waals surface area contributed by atoms with Crippen LogP contribution in [0.4, 0.5) is 5.82 Å². The summed E-state index contributed by atoms with van der Waals surface area (Å²) in [5.74, 6) is 0.785. The number of rotatable bonds is 4. The highest BCUT2D eigenvalue weighted by Crippen LogP contribution is 2.40. The van der Waals surface area contributed by atoms with E-state index < -0.39 is 0 Å². The molecule has 1 aliphatic rings. The van der Waals surface area contributed by atoms with Crippen LogP contribution in [0.2, 0.25) is 0 Å². The molecular formula is C19H23N3S. The van der Waals surface area contributed by atoms with Crippen molar-refractivity contribution < 1.29 is 0 Å². The number of nitrogens with zero attached hydrogens (tertiary/aromatic N) is 1. The van der Waals surface area contributed by atoms with Crippen molar-refractivity contribution in [2.45, 2.75) is 38.0 Å². The summed E-state index contributed by atoms with van der Waals surface area (Å²) in [6.45, 7) is 2.89. The van der Waals surface area contributed by atoms with Gasteiger partial charge in [-0.15, -0.1) is 0 Å². The van der Waals surface area contributed by atoms with Crippen molar-refractivity contribution in [1.29, 1.82) is 0 Å². The number of hydrogen-bond acceptors (Lipinski definition) is 2. The van der Waals surface area contributed by atoms with E-state index in [1.165, 1.54) is 31.2 Å². The van der Waals surface area contributed by atoms with Gasteiger partial charge in [0, 0.05) is 18.2 Å². The molecule has 0 aliphatic heterocycles. The number of nitrogens with one attached hydrogen (secondary N) is 2. The topological polar surface area (TPSA) is 37.0 Å². The number of aryl methyl sites for hydroxylation is 1. The fourth-order valence-corrected chi connectivity index (χ4v) is 3.54. The zero-order valence-corrected chi connectivity index (χ0v) is 14.3. The van der Waals surface area contributed by atoms with Crippen LogP contribution in [0, 0.1) is 6.92 Å². The van der Waals surface area contributed by atoms with Crippen LogP contribution < -0.4 is 10.6 Å². The van der Waals surface area contributed by atoms with Gasteiger partial charge in [0.1, 0.15) is 5.82 Å². The van der Waals surface area contributed by atoms with Gasteiger partial charge in [-0.2, -0.15) is 0 Å². The molecule has 0 saturated heterocycles. The molecule has 2 aromatic rings. The van der Waals surface area contributed by atoms with Gasteiger partial charge in [0.25, 0.3) is 0 Å². The summed E-state index contributed by atoms with van der Waals surface area (Å²) in [5.41, 5.74) is 2.76. The Balaban J connectivity index is 1.63. The van der Waals surface area contributed by atoms with Crippen molar-refractivity contribution in [2.24, 2.45) is 0 Å². The smallest absolute Gasteiger partial charge is 0.171 e. The molecule has 1 aromatic heterocycles. The van der Waals surface area contributed by atoms with E-state index >= 15 is 0 Å². The lowest BCUT2D eigenvalue weighted by Crippen LogP contribution is -2.40. The number of aromatic nitrogens is 1. The molecule has 0 radical (unpaired) electrons. The molecule has 0 atom stereocenters. The highest BCUT2D eigenvalue weighted by Gasteiger charge is 2.35. The van der Waals surface area contributed by atoms with Crippen LogP contribution in [0.25, 0.3) is 0 Å². The van der Waals surface area contributed by atoms with Crippen LogP contribution in [0.1, 0.15) is 36.8 Å². The minimum Gasteiger partial charge on any atom is -0.362 e. The molecule has 0 bridgehead atoms. The third kappa shape index (κ3) is 3.88. The maximum atomic E-state index is 5.44. The first-order valence-electron chi connectivity index (χ1n) is 8.21. The summed E-state index contributed by atoms with van der Waals surface area (Å²) >= 11 is 5.44. The van der Waals surface area contributed by atoms with E-state index in [1.807, 2.05) is 25.3 Å². The predicted molar refractivity (Wildman–Crippen MR) is 99.8 cm³/mol. The SMILES string of the molecule is Cc1ccc(NC(=S)NCC2(c3ccccc3)CCCC2)nc1. The Bertz CT molecular complexity index is 646. The van der Waals surface area contributed by atoms with Crippen molar-refractivity contribution in [3.05, 3.63) is 59.8 Å². The summed E-state index contributed by atoms with van der Waals surface area (Å²) in [7, 11) is 0. The first-order valence-corrected chi connectivity index (χ1v) is 8.62. The molecule has 1 saturated carbocycles. The first kappa shape index (κ1) is 15.9. The van der Waals surface area contributed by atoms with Crippen molar-refractivity contribution in [3.63, 3.8) is 0 Å². The first-order chi connectivity index (χ1) is 11.2. The van der Waals surface area contributed by atoms with Crippen molar-refractivity contribution in [3.8, 4) is 0 Å². The molecule has 4 heteroatoms. The van der Waals surface area contributed by atoms with Crippen LogP contribution in [-0.2, 0) is 5.41 Å². The van der Waals surface area contributed by atoms with Gasteiger partial charge in [-0.25, -0.2) is 4.98 Å². The lowest BCUT2D eigenvalue weighted by molar-refractivity contribution is 0.435. The van der Waals surface area contributed by atoms with Crippen LogP contribution >= 0.6 is 12.2 Å². The van der Waals surface area contributed by atoms with Crippen LogP contribution in [-0.4, -0.2) is 16.6 Å². The Morgan fingerprint density at radius 2 is 1.87 bits per heavy atom. The number of benzene rings is 1. The Labute approximate surface area is 143 Å². The van der Waals surface area contributed by atoms with E-state index in [1.54, 1.807) is 0 Å². The minimum atomic E-state index is 0.202. The normalized spacial score (nSPS) is 16.0. The summed E-state index contributed by atoms with van der Waals surface area (Å²) in [6.07, 6.45) is 6.85. The molecule has 3 nitrogen and oxygen atoms in total. The summed E-state index contributed by atoms with van der Waals surface area (Å²) < 4.78 is 0. The Hall–Kier alpha value is -1.94. The zero-order chi connectivity index (χ0) is 16.1. The van der Waals surface area contributed by atoms with E-state index in [4.69, 9.17) is 12.2 Å². The van der Waals surface area contributed by atoms with Crippen LogP contribution in [0.5, 0.6) is 0 Å². The average Bonchev–Trinajstić information content (AvgIpc) is 3.06. The molecule has 1 heterocycles. The van der Waals surface area contributed by atoms with E-state index in [2.05, 4.69) is 45.9 Å². The van der Waals surface area contributed by atoms with Gasteiger partial charge >= 0.3 is 0 Å². The number of thiocarbonyl (C=S) groups is 1. The van der Waals surface area contributed by atoms with Crippen molar-refractivity contribution in [1.82, 2.24) is 10.3 Å². The lowest BCUT2D eigenvalue weighted by Gasteiger charge is -2.30. The average molecular weight is 325 g/mol. The molecule has 1 fully saturated rings. The molecule has 1 aliphatic carbocycles. The third-order valence-corrected chi connectivity index (χ3v) is 4.93. The molecule has 0 unspecified atom stereocenters. The third-order valence-electron chi connectivity index (χ3n) is 4.69. The predicted octanol–water partition coefficient (Wildman–Crippen LogP) is 4.19. The monoisotopic (exact) mass is 325 g/mol. The zero-order valence-electron chi connectivity index (χ0n) is 13.5. The second kappa shape index (κ2) is 7.09.